The van der Waals surface area contributed by atoms with E-state index in [0.29, 0.717) is 11.3 Å². The van der Waals surface area contributed by atoms with Gasteiger partial charge in [0.1, 0.15) is 5.75 Å². The molecule has 144 valence electrons. The number of alkyl halides is 3. The Hall–Kier alpha value is -2.45. The average Bonchev–Trinajstić information content (AvgIpc) is 3.00. The molecule has 0 aromatic heterocycles. The van der Waals surface area contributed by atoms with Crippen molar-refractivity contribution in [2.75, 3.05) is 20.2 Å². The molecule has 1 aromatic rings. The van der Waals surface area contributed by atoms with Crippen molar-refractivity contribution in [2.24, 2.45) is 11.8 Å². The molecular formula is C17H21F3N2O4. The Morgan fingerprint density at radius 2 is 2.00 bits per heavy atom. The molecular weight excluding hydrogens is 353 g/mol. The van der Waals surface area contributed by atoms with Gasteiger partial charge in [0, 0.05) is 18.7 Å². The number of nitrogens with one attached hydrogen (secondary N) is 1. The van der Waals surface area contributed by atoms with Gasteiger partial charge >= 0.3 is 18.2 Å². The van der Waals surface area contributed by atoms with Crippen molar-refractivity contribution < 1.29 is 32.6 Å². The Bertz CT molecular complexity index is 693. The van der Waals surface area contributed by atoms with Crippen LogP contribution in [0.1, 0.15) is 24.1 Å². The first kappa shape index (κ1) is 19.9. The molecule has 2 N–H and O–H groups in total. The third-order valence-electron chi connectivity index (χ3n) is 4.54. The number of hydrogen-bond acceptors (Lipinski definition) is 3. The number of urea groups is 1. The number of rotatable bonds is 4. The predicted octanol–water partition coefficient (Wildman–Crippen LogP) is 2.97. The van der Waals surface area contributed by atoms with Gasteiger partial charge in [-0.3, -0.25) is 4.79 Å². The maximum Gasteiger partial charge on any atom is 0.394 e. The molecule has 1 aliphatic heterocycles. The fourth-order valence-electron chi connectivity index (χ4n) is 3.10. The van der Waals surface area contributed by atoms with Gasteiger partial charge in [-0.2, -0.15) is 13.2 Å². The molecule has 9 heteroatoms. The molecule has 0 unspecified atom stereocenters. The van der Waals surface area contributed by atoms with E-state index in [0.717, 1.165) is 10.5 Å². The molecule has 0 aliphatic carbocycles. The molecule has 2 rings (SSSR count). The summed E-state index contributed by atoms with van der Waals surface area (Å²) < 4.78 is 44.4. The second-order valence-electron chi connectivity index (χ2n) is 6.41. The maximum absolute atomic E-state index is 13.0. The van der Waals surface area contributed by atoms with E-state index < -0.39 is 49.1 Å². The quantitative estimate of drug-likeness (QED) is 0.849. The summed E-state index contributed by atoms with van der Waals surface area (Å²) in [7, 11) is 1.48. The summed E-state index contributed by atoms with van der Waals surface area (Å²) >= 11 is 0. The Labute approximate surface area is 148 Å². The molecule has 3 atom stereocenters. The smallest absolute Gasteiger partial charge is 0.394 e. The van der Waals surface area contributed by atoms with Crippen LogP contribution in [0.5, 0.6) is 5.75 Å². The highest BCUT2D eigenvalue weighted by molar-refractivity contribution is 5.78. The zero-order valence-corrected chi connectivity index (χ0v) is 14.6. The number of aryl methyl sites for hydroxylation is 1. The van der Waals surface area contributed by atoms with Crippen LogP contribution < -0.4 is 10.1 Å². The fourth-order valence-corrected chi connectivity index (χ4v) is 3.10. The highest BCUT2D eigenvalue weighted by Gasteiger charge is 2.53. The lowest BCUT2D eigenvalue weighted by Gasteiger charge is -2.23. The SMILES string of the molecule is COc1ccc(C)cc1[C@@H](C)NC(=O)N1C[C@@H](C(F)(F)F)[C@H](C(=O)O)C1. The molecule has 1 saturated heterocycles. The topological polar surface area (TPSA) is 78.9 Å². The van der Waals surface area contributed by atoms with E-state index >= 15 is 0 Å². The molecule has 0 bridgehead atoms. The van der Waals surface area contributed by atoms with E-state index in [4.69, 9.17) is 9.84 Å². The van der Waals surface area contributed by atoms with E-state index in [2.05, 4.69) is 5.32 Å². The van der Waals surface area contributed by atoms with Gasteiger partial charge in [-0.1, -0.05) is 17.7 Å². The lowest BCUT2D eigenvalue weighted by molar-refractivity contribution is -0.187. The Morgan fingerprint density at radius 3 is 2.50 bits per heavy atom. The Morgan fingerprint density at radius 1 is 1.35 bits per heavy atom. The summed E-state index contributed by atoms with van der Waals surface area (Å²) in [6.07, 6.45) is -4.68. The minimum atomic E-state index is -4.68. The monoisotopic (exact) mass is 374 g/mol. The van der Waals surface area contributed by atoms with Crippen LogP contribution in [0.25, 0.3) is 0 Å². The van der Waals surface area contributed by atoms with Crippen LogP contribution in [0.15, 0.2) is 18.2 Å². The van der Waals surface area contributed by atoms with Crippen LogP contribution in [-0.4, -0.2) is 48.4 Å². The molecule has 0 saturated carbocycles. The molecule has 1 fully saturated rings. The number of aliphatic carboxylic acids is 1. The van der Waals surface area contributed by atoms with E-state index in [-0.39, 0.29) is 0 Å². The van der Waals surface area contributed by atoms with Crippen molar-refractivity contribution in [3.05, 3.63) is 29.3 Å². The number of carbonyl (C=O) groups excluding carboxylic acids is 1. The number of hydrogen-bond donors (Lipinski definition) is 2. The van der Waals surface area contributed by atoms with E-state index in [1.807, 2.05) is 19.1 Å². The molecule has 2 amide bonds. The second-order valence-corrected chi connectivity index (χ2v) is 6.41. The molecule has 1 aromatic carbocycles. The summed E-state index contributed by atoms with van der Waals surface area (Å²) in [5.74, 6) is -4.75. The number of nitrogens with zero attached hydrogens (tertiary/aromatic N) is 1. The number of carbonyl (C=O) groups is 2. The number of amides is 2. The molecule has 1 heterocycles. The molecule has 0 spiro atoms. The summed E-state index contributed by atoms with van der Waals surface area (Å²) in [6.45, 7) is 2.39. The van der Waals surface area contributed by atoms with Crippen molar-refractivity contribution in [1.29, 1.82) is 0 Å². The maximum atomic E-state index is 13.0. The van der Waals surface area contributed by atoms with Crippen LogP contribution in [0.4, 0.5) is 18.0 Å². The lowest BCUT2D eigenvalue weighted by Crippen LogP contribution is -2.40. The summed E-state index contributed by atoms with van der Waals surface area (Å²) in [5.41, 5.74) is 1.62. The first-order valence-corrected chi connectivity index (χ1v) is 8.04. The van der Waals surface area contributed by atoms with Gasteiger partial charge < -0.3 is 20.1 Å². The van der Waals surface area contributed by atoms with Crippen LogP contribution >= 0.6 is 0 Å². The Kier molecular flexibility index (Phi) is 5.68. The third-order valence-corrected chi connectivity index (χ3v) is 4.54. The van der Waals surface area contributed by atoms with Crippen molar-refractivity contribution in [2.45, 2.75) is 26.1 Å². The van der Waals surface area contributed by atoms with Crippen LogP contribution in [0, 0.1) is 18.8 Å². The first-order chi connectivity index (χ1) is 12.0. The van der Waals surface area contributed by atoms with Gasteiger partial charge in [0.2, 0.25) is 0 Å². The predicted molar refractivity (Wildman–Crippen MR) is 86.9 cm³/mol. The van der Waals surface area contributed by atoms with Crippen LogP contribution in [0.2, 0.25) is 0 Å². The minimum absolute atomic E-state index is 0.483. The van der Waals surface area contributed by atoms with Crippen LogP contribution in [0.3, 0.4) is 0 Å². The van der Waals surface area contributed by atoms with Crippen LogP contribution in [-0.2, 0) is 4.79 Å². The van der Waals surface area contributed by atoms with Crippen molar-refractivity contribution in [1.82, 2.24) is 10.2 Å². The molecule has 0 radical (unpaired) electrons. The number of carboxylic acids is 1. The second kappa shape index (κ2) is 7.43. The van der Waals surface area contributed by atoms with Gasteiger partial charge in [0.25, 0.3) is 0 Å². The lowest BCUT2D eigenvalue weighted by atomic mass is 9.96. The van der Waals surface area contributed by atoms with Gasteiger partial charge in [-0.05, 0) is 19.9 Å². The van der Waals surface area contributed by atoms with Gasteiger partial charge in [0.15, 0.2) is 0 Å². The Balaban J connectivity index is 2.13. The number of ether oxygens (including phenoxy) is 1. The first-order valence-electron chi connectivity index (χ1n) is 8.04. The summed E-state index contributed by atoms with van der Waals surface area (Å²) in [6, 6.07) is 4.13. The number of likely N-dealkylation sites (tertiary alicyclic amines) is 1. The fraction of sp³-hybridized carbons (Fsp3) is 0.529. The zero-order valence-electron chi connectivity index (χ0n) is 14.6. The summed E-state index contributed by atoms with van der Waals surface area (Å²) in [5, 5.41) is 11.6. The molecule has 1 aliphatic rings. The standard InChI is InChI=1S/C17H21F3N2O4/c1-9-4-5-14(26-3)11(6-9)10(2)21-16(25)22-7-12(15(23)24)13(8-22)17(18,19)20/h4-6,10,12-13H,7-8H2,1-3H3,(H,21,25)(H,23,24)/t10-,12-,13-/m1/s1. The highest BCUT2D eigenvalue weighted by atomic mass is 19.4. The minimum Gasteiger partial charge on any atom is -0.496 e. The molecule has 6 nitrogen and oxygen atoms in total. The van der Waals surface area contributed by atoms with Crippen molar-refractivity contribution in [3.63, 3.8) is 0 Å². The van der Waals surface area contributed by atoms with E-state index in [1.165, 1.54) is 7.11 Å². The van der Waals surface area contributed by atoms with Gasteiger partial charge in [0.05, 0.1) is 25.0 Å². The number of carboxylic acid groups (broad SMARTS) is 1. The largest absolute Gasteiger partial charge is 0.496 e. The number of benzene rings is 1. The molecule has 26 heavy (non-hydrogen) atoms. The highest BCUT2D eigenvalue weighted by Crippen LogP contribution is 2.38. The zero-order chi connectivity index (χ0) is 19.6. The summed E-state index contributed by atoms with van der Waals surface area (Å²) in [4.78, 5) is 24.4. The normalized spacial score (nSPS) is 21.4. The van der Waals surface area contributed by atoms with Crippen molar-refractivity contribution in [3.8, 4) is 5.75 Å². The number of methoxy groups -OCH3 is 1. The number of halogens is 3. The van der Waals surface area contributed by atoms with E-state index in [9.17, 15) is 22.8 Å². The van der Waals surface area contributed by atoms with Gasteiger partial charge in [-0.25, -0.2) is 4.79 Å². The third kappa shape index (κ3) is 4.20. The van der Waals surface area contributed by atoms with Gasteiger partial charge in [-0.15, -0.1) is 0 Å². The van der Waals surface area contributed by atoms with E-state index in [1.54, 1.807) is 13.0 Å². The van der Waals surface area contributed by atoms with Crippen molar-refractivity contribution >= 4 is 12.0 Å². The average molecular weight is 374 g/mol.